The molecule has 1 atom stereocenters. The van der Waals surface area contributed by atoms with E-state index in [9.17, 15) is 9.18 Å². The number of hydrogen-bond acceptors (Lipinski definition) is 2. The Labute approximate surface area is 123 Å². The van der Waals surface area contributed by atoms with E-state index in [1.54, 1.807) is 17.9 Å². The molecule has 3 nitrogen and oxygen atoms in total. The molecule has 0 aromatic heterocycles. The van der Waals surface area contributed by atoms with E-state index < -0.39 is 5.60 Å². The van der Waals surface area contributed by atoms with Crippen molar-refractivity contribution in [1.82, 2.24) is 4.90 Å². The van der Waals surface area contributed by atoms with Gasteiger partial charge in [-0.25, -0.2) is 4.39 Å². The molecule has 1 aromatic carbocycles. The lowest BCUT2D eigenvalue weighted by Crippen LogP contribution is -2.55. The van der Waals surface area contributed by atoms with Gasteiger partial charge in [-0.05, 0) is 44.5 Å². The van der Waals surface area contributed by atoms with Gasteiger partial charge in [-0.15, -0.1) is 11.6 Å². The van der Waals surface area contributed by atoms with Crippen molar-refractivity contribution in [3.05, 3.63) is 35.1 Å². The second-order valence-corrected chi connectivity index (χ2v) is 6.11. The molecule has 20 heavy (non-hydrogen) atoms. The number of ether oxygens (including phenoxy) is 1. The molecule has 1 heterocycles. The number of carbonyl (C=O) groups is 1. The number of benzene rings is 1. The number of morpholine rings is 1. The fourth-order valence-corrected chi connectivity index (χ4v) is 2.65. The van der Waals surface area contributed by atoms with E-state index in [4.69, 9.17) is 16.3 Å². The SMILES string of the molecule is Cc1cc(C(=O)N2CC(CCl)OC(C)(C)C2)ccc1F. The van der Waals surface area contributed by atoms with Crippen molar-refractivity contribution in [2.45, 2.75) is 32.5 Å². The molecule has 0 N–H and O–H groups in total. The third-order valence-electron chi connectivity index (χ3n) is 3.35. The van der Waals surface area contributed by atoms with Crippen LogP contribution in [0, 0.1) is 12.7 Å². The van der Waals surface area contributed by atoms with Crippen molar-refractivity contribution in [2.75, 3.05) is 19.0 Å². The molecule has 110 valence electrons. The molecule has 0 spiro atoms. The molecule has 1 amide bonds. The standard InChI is InChI=1S/C15H19ClFNO2/c1-10-6-11(4-5-13(10)17)14(19)18-8-12(7-16)20-15(2,3)9-18/h4-6,12H,7-9H2,1-3H3. The minimum atomic E-state index is -0.428. The molecular weight excluding hydrogens is 281 g/mol. The summed E-state index contributed by atoms with van der Waals surface area (Å²) in [5.41, 5.74) is 0.537. The lowest BCUT2D eigenvalue weighted by molar-refractivity contribution is -0.117. The zero-order valence-corrected chi connectivity index (χ0v) is 12.7. The smallest absolute Gasteiger partial charge is 0.254 e. The van der Waals surface area contributed by atoms with Crippen LogP contribution in [0.15, 0.2) is 18.2 Å². The molecule has 1 unspecified atom stereocenters. The predicted octanol–water partition coefficient (Wildman–Crippen LogP) is 2.99. The van der Waals surface area contributed by atoms with Crippen molar-refractivity contribution in [2.24, 2.45) is 0 Å². The summed E-state index contributed by atoms with van der Waals surface area (Å²) >= 11 is 5.86. The second-order valence-electron chi connectivity index (χ2n) is 5.80. The average molecular weight is 300 g/mol. The number of nitrogens with zero attached hydrogens (tertiary/aromatic N) is 1. The molecule has 1 aromatic rings. The van der Waals surface area contributed by atoms with Crippen molar-refractivity contribution >= 4 is 17.5 Å². The molecule has 0 saturated carbocycles. The Balaban J connectivity index is 2.21. The van der Waals surface area contributed by atoms with Crippen LogP contribution in [0.5, 0.6) is 0 Å². The summed E-state index contributed by atoms with van der Waals surface area (Å²) in [5.74, 6) is -0.0718. The van der Waals surface area contributed by atoms with Crippen LogP contribution >= 0.6 is 11.6 Å². The molecule has 0 aliphatic carbocycles. The van der Waals surface area contributed by atoms with Gasteiger partial charge in [-0.2, -0.15) is 0 Å². The molecule has 1 fully saturated rings. The lowest BCUT2D eigenvalue weighted by atomic mass is 10.0. The van der Waals surface area contributed by atoms with Crippen LogP contribution in [0.4, 0.5) is 4.39 Å². The van der Waals surface area contributed by atoms with Crippen LogP contribution in [-0.2, 0) is 4.74 Å². The maximum atomic E-state index is 13.3. The number of halogens is 2. The zero-order valence-electron chi connectivity index (χ0n) is 12.0. The first kappa shape index (κ1) is 15.3. The van der Waals surface area contributed by atoms with E-state index in [1.165, 1.54) is 12.1 Å². The second kappa shape index (κ2) is 5.70. The summed E-state index contributed by atoms with van der Waals surface area (Å²) in [6.07, 6.45) is -0.175. The van der Waals surface area contributed by atoms with Gasteiger partial charge in [-0.1, -0.05) is 0 Å². The molecule has 5 heteroatoms. The quantitative estimate of drug-likeness (QED) is 0.786. The molecular formula is C15H19ClFNO2. The predicted molar refractivity (Wildman–Crippen MR) is 76.7 cm³/mol. The molecule has 1 aliphatic rings. The molecule has 1 aliphatic heterocycles. The number of alkyl halides is 1. The van der Waals surface area contributed by atoms with Crippen molar-refractivity contribution in [1.29, 1.82) is 0 Å². The normalized spacial score (nSPS) is 21.9. The topological polar surface area (TPSA) is 29.5 Å². The highest BCUT2D eigenvalue weighted by Gasteiger charge is 2.35. The minimum Gasteiger partial charge on any atom is -0.367 e. The van der Waals surface area contributed by atoms with Gasteiger partial charge in [0.2, 0.25) is 0 Å². The van der Waals surface area contributed by atoms with Crippen LogP contribution in [0.1, 0.15) is 29.8 Å². The van der Waals surface area contributed by atoms with Crippen LogP contribution in [0.3, 0.4) is 0 Å². The Hall–Kier alpha value is -1.13. The monoisotopic (exact) mass is 299 g/mol. The summed E-state index contributed by atoms with van der Waals surface area (Å²) < 4.78 is 19.1. The summed E-state index contributed by atoms with van der Waals surface area (Å²) in [5, 5.41) is 0. The molecule has 0 bridgehead atoms. The maximum absolute atomic E-state index is 13.3. The van der Waals surface area contributed by atoms with E-state index in [1.807, 2.05) is 13.8 Å². The van der Waals surface area contributed by atoms with Crippen LogP contribution in [-0.4, -0.2) is 41.5 Å². The van der Waals surface area contributed by atoms with Gasteiger partial charge < -0.3 is 9.64 Å². The lowest BCUT2D eigenvalue weighted by Gasteiger charge is -2.42. The summed E-state index contributed by atoms with van der Waals surface area (Å²) in [6, 6.07) is 4.42. The maximum Gasteiger partial charge on any atom is 0.254 e. The van der Waals surface area contributed by atoms with E-state index in [-0.39, 0.29) is 17.8 Å². The summed E-state index contributed by atoms with van der Waals surface area (Å²) in [7, 11) is 0. The first-order valence-corrected chi connectivity index (χ1v) is 7.15. The average Bonchev–Trinajstić information content (AvgIpc) is 2.39. The number of rotatable bonds is 2. The Morgan fingerprint density at radius 1 is 1.55 bits per heavy atom. The zero-order chi connectivity index (χ0) is 14.9. The number of amides is 1. The first-order valence-electron chi connectivity index (χ1n) is 6.61. The highest BCUT2D eigenvalue weighted by molar-refractivity contribution is 6.18. The van der Waals surface area contributed by atoms with Crippen molar-refractivity contribution < 1.29 is 13.9 Å². The van der Waals surface area contributed by atoms with Gasteiger partial charge in [0.15, 0.2) is 0 Å². The van der Waals surface area contributed by atoms with Crippen LogP contribution in [0.2, 0.25) is 0 Å². The van der Waals surface area contributed by atoms with E-state index >= 15 is 0 Å². The molecule has 0 radical (unpaired) electrons. The van der Waals surface area contributed by atoms with Crippen LogP contribution < -0.4 is 0 Å². The fraction of sp³-hybridized carbons (Fsp3) is 0.533. The van der Waals surface area contributed by atoms with Crippen LogP contribution in [0.25, 0.3) is 0 Å². The van der Waals surface area contributed by atoms with E-state index in [0.717, 1.165) is 0 Å². The Morgan fingerprint density at radius 2 is 2.25 bits per heavy atom. The van der Waals surface area contributed by atoms with Gasteiger partial charge in [0, 0.05) is 18.7 Å². The van der Waals surface area contributed by atoms with E-state index in [2.05, 4.69) is 0 Å². The highest BCUT2D eigenvalue weighted by atomic mass is 35.5. The Morgan fingerprint density at radius 3 is 2.85 bits per heavy atom. The highest BCUT2D eigenvalue weighted by Crippen LogP contribution is 2.23. The van der Waals surface area contributed by atoms with Gasteiger partial charge >= 0.3 is 0 Å². The first-order chi connectivity index (χ1) is 9.32. The van der Waals surface area contributed by atoms with Gasteiger partial charge in [0.25, 0.3) is 5.91 Å². The number of hydrogen-bond donors (Lipinski definition) is 0. The van der Waals surface area contributed by atoms with Gasteiger partial charge in [0.1, 0.15) is 5.82 Å². The summed E-state index contributed by atoms with van der Waals surface area (Å²) in [4.78, 5) is 14.2. The third-order valence-corrected chi connectivity index (χ3v) is 3.69. The molecule has 1 saturated heterocycles. The van der Waals surface area contributed by atoms with Crippen molar-refractivity contribution in [3.8, 4) is 0 Å². The van der Waals surface area contributed by atoms with Gasteiger partial charge in [-0.3, -0.25) is 4.79 Å². The Kier molecular flexibility index (Phi) is 4.35. The minimum absolute atomic E-state index is 0.111. The number of carbonyl (C=O) groups excluding carboxylic acids is 1. The Bertz CT molecular complexity index is 519. The molecule has 2 rings (SSSR count). The van der Waals surface area contributed by atoms with Gasteiger partial charge in [0.05, 0.1) is 17.6 Å². The van der Waals surface area contributed by atoms with E-state index in [0.29, 0.717) is 30.1 Å². The fourth-order valence-electron chi connectivity index (χ4n) is 2.49. The summed E-state index contributed by atoms with van der Waals surface area (Å²) in [6.45, 7) is 6.47. The largest absolute Gasteiger partial charge is 0.367 e. The number of aryl methyl sites for hydroxylation is 1. The van der Waals surface area contributed by atoms with Crippen molar-refractivity contribution in [3.63, 3.8) is 0 Å². The third kappa shape index (κ3) is 3.30.